The molecule has 1 heterocycles. The third-order valence-electron chi connectivity index (χ3n) is 2.60. The highest BCUT2D eigenvalue weighted by molar-refractivity contribution is 7.10. The summed E-state index contributed by atoms with van der Waals surface area (Å²) < 4.78 is 0. The standard InChI is InChI=1S/C13H13ClOS/c1-8-3-4-10(11(14)7-8)12(15)13-9(2)5-6-16-13/h3-7,12,15H,1-2H3. The minimum atomic E-state index is -0.618. The molecule has 1 unspecified atom stereocenters. The van der Waals surface area contributed by atoms with E-state index in [1.54, 1.807) is 11.3 Å². The predicted octanol–water partition coefficient (Wildman–Crippen LogP) is 4.10. The molecule has 0 aliphatic rings. The smallest absolute Gasteiger partial charge is 0.115 e. The molecule has 0 fully saturated rings. The van der Waals surface area contributed by atoms with E-state index in [-0.39, 0.29) is 0 Å². The Labute approximate surface area is 104 Å². The summed E-state index contributed by atoms with van der Waals surface area (Å²) >= 11 is 7.70. The van der Waals surface area contributed by atoms with Gasteiger partial charge in [-0.05, 0) is 42.5 Å². The molecule has 2 rings (SSSR count). The van der Waals surface area contributed by atoms with Gasteiger partial charge in [0.25, 0.3) is 0 Å². The van der Waals surface area contributed by atoms with Gasteiger partial charge < -0.3 is 5.11 Å². The quantitative estimate of drug-likeness (QED) is 0.853. The van der Waals surface area contributed by atoms with Crippen LogP contribution < -0.4 is 0 Å². The number of benzene rings is 1. The molecule has 1 aromatic carbocycles. The molecule has 0 amide bonds. The van der Waals surface area contributed by atoms with E-state index in [4.69, 9.17) is 11.6 Å². The van der Waals surface area contributed by atoms with Crippen molar-refractivity contribution in [2.75, 3.05) is 0 Å². The lowest BCUT2D eigenvalue weighted by atomic mass is 10.0. The van der Waals surface area contributed by atoms with E-state index in [2.05, 4.69) is 0 Å². The van der Waals surface area contributed by atoms with Gasteiger partial charge in [-0.25, -0.2) is 0 Å². The maximum Gasteiger partial charge on any atom is 0.115 e. The molecule has 0 radical (unpaired) electrons. The Morgan fingerprint density at radius 2 is 2.00 bits per heavy atom. The van der Waals surface area contributed by atoms with Gasteiger partial charge in [-0.15, -0.1) is 11.3 Å². The summed E-state index contributed by atoms with van der Waals surface area (Å²) in [6, 6.07) is 7.74. The van der Waals surface area contributed by atoms with Crippen LogP contribution in [0.3, 0.4) is 0 Å². The van der Waals surface area contributed by atoms with Crippen molar-refractivity contribution in [1.82, 2.24) is 0 Å². The first-order valence-corrected chi connectivity index (χ1v) is 6.33. The molecule has 1 nitrogen and oxygen atoms in total. The van der Waals surface area contributed by atoms with Crippen LogP contribution in [-0.4, -0.2) is 5.11 Å². The van der Waals surface area contributed by atoms with E-state index in [9.17, 15) is 5.11 Å². The highest BCUT2D eigenvalue weighted by Gasteiger charge is 2.16. The van der Waals surface area contributed by atoms with Gasteiger partial charge in [-0.2, -0.15) is 0 Å². The van der Waals surface area contributed by atoms with Crippen molar-refractivity contribution in [3.05, 3.63) is 56.2 Å². The minimum Gasteiger partial charge on any atom is -0.383 e. The molecular formula is C13H13ClOS. The van der Waals surface area contributed by atoms with Crippen LogP contribution in [0.5, 0.6) is 0 Å². The summed E-state index contributed by atoms with van der Waals surface area (Å²) in [5, 5.41) is 12.9. The predicted molar refractivity (Wildman–Crippen MR) is 69.3 cm³/mol. The van der Waals surface area contributed by atoms with Gasteiger partial charge in [-0.3, -0.25) is 0 Å². The second kappa shape index (κ2) is 4.58. The van der Waals surface area contributed by atoms with Crippen LogP contribution in [0.4, 0.5) is 0 Å². The third-order valence-corrected chi connectivity index (χ3v) is 4.00. The second-order valence-corrected chi connectivity index (χ2v) is 5.25. The summed E-state index contributed by atoms with van der Waals surface area (Å²) in [6.07, 6.45) is -0.618. The zero-order valence-electron chi connectivity index (χ0n) is 9.20. The molecule has 1 atom stereocenters. The molecule has 3 heteroatoms. The maximum atomic E-state index is 10.3. The summed E-state index contributed by atoms with van der Waals surface area (Å²) in [5.74, 6) is 0. The van der Waals surface area contributed by atoms with Crippen LogP contribution in [0.1, 0.15) is 27.7 Å². The lowest BCUT2D eigenvalue weighted by molar-refractivity contribution is 0.223. The van der Waals surface area contributed by atoms with Crippen LogP contribution in [0.2, 0.25) is 5.02 Å². The summed E-state index contributed by atoms with van der Waals surface area (Å²) in [5.41, 5.74) is 2.98. The van der Waals surface area contributed by atoms with Gasteiger partial charge in [-0.1, -0.05) is 23.7 Å². The van der Waals surface area contributed by atoms with Gasteiger partial charge in [0.1, 0.15) is 6.10 Å². The lowest BCUT2D eigenvalue weighted by Crippen LogP contribution is -1.99. The first kappa shape index (κ1) is 11.6. The van der Waals surface area contributed by atoms with E-state index in [0.717, 1.165) is 21.6 Å². The lowest BCUT2D eigenvalue weighted by Gasteiger charge is -2.12. The minimum absolute atomic E-state index is 0.618. The first-order chi connectivity index (χ1) is 7.59. The van der Waals surface area contributed by atoms with E-state index in [1.807, 2.05) is 43.5 Å². The number of aliphatic hydroxyl groups is 1. The van der Waals surface area contributed by atoms with Crippen molar-refractivity contribution < 1.29 is 5.11 Å². The number of hydrogen-bond acceptors (Lipinski definition) is 2. The van der Waals surface area contributed by atoms with E-state index in [0.29, 0.717) is 5.02 Å². The molecule has 0 bridgehead atoms. The average Bonchev–Trinajstić information content (AvgIpc) is 2.63. The van der Waals surface area contributed by atoms with Crippen molar-refractivity contribution >= 4 is 22.9 Å². The Morgan fingerprint density at radius 3 is 2.56 bits per heavy atom. The molecular weight excluding hydrogens is 240 g/mol. The van der Waals surface area contributed by atoms with Gasteiger partial charge in [0.15, 0.2) is 0 Å². The molecule has 0 aliphatic heterocycles. The van der Waals surface area contributed by atoms with Crippen LogP contribution in [0.25, 0.3) is 0 Å². The number of aliphatic hydroxyl groups excluding tert-OH is 1. The van der Waals surface area contributed by atoms with E-state index < -0.39 is 6.10 Å². The number of thiophene rings is 1. The van der Waals surface area contributed by atoms with Crippen molar-refractivity contribution in [3.63, 3.8) is 0 Å². The number of rotatable bonds is 2. The Morgan fingerprint density at radius 1 is 1.25 bits per heavy atom. The SMILES string of the molecule is Cc1ccc(C(O)c2sccc2C)c(Cl)c1. The number of hydrogen-bond donors (Lipinski definition) is 1. The fraction of sp³-hybridized carbons (Fsp3) is 0.231. The topological polar surface area (TPSA) is 20.2 Å². The van der Waals surface area contributed by atoms with E-state index >= 15 is 0 Å². The summed E-state index contributed by atoms with van der Waals surface area (Å²) in [6.45, 7) is 3.98. The van der Waals surface area contributed by atoms with Crippen LogP contribution in [-0.2, 0) is 0 Å². The average molecular weight is 253 g/mol. The van der Waals surface area contributed by atoms with Crippen LogP contribution >= 0.6 is 22.9 Å². The van der Waals surface area contributed by atoms with Crippen molar-refractivity contribution in [3.8, 4) is 0 Å². The second-order valence-electron chi connectivity index (χ2n) is 3.90. The molecule has 84 valence electrons. The molecule has 0 spiro atoms. The molecule has 2 aromatic rings. The first-order valence-electron chi connectivity index (χ1n) is 5.07. The Balaban J connectivity index is 2.41. The highest BCUT2D eigenvalue weighted by Crippen LogP contribution is 2.33. The maximum absolute atomic E-state index is 10.3. The molecule has 0 saturated heterocycles. The van der Waals surface area contributed by atoms with Gasteiger partial charge in [0.05, 0.1) is 0 Å². The van der Waals surface area contributed by atoms with Crippen molar-refractivity contribution in [1.29, 1.82) is 0 Å². The van der Waals surface area contributed by atoms with E-state index in [1.165, 1.54) is 0 Å². The monoisotopic (exact) mass is 252 g/mol. The zero-order chi connectivity index (χ0) is 11.7. The highest BCUT2D eigenvalue weighted by atomic mass is 35.5. The normalized spacial score (nSPS) is 12.8. The Bertz CT molecular complexity index is 504. The Hall–Kier alpha value is -0.830. The van der Waals surface area contributed by atoms with Gasteiger partial charge >= 0.3 is 0 Å². The number of aryl methyl sites for hydroxylation is 2. The number of halogens is 1. The van der Waals surface area contributed by atoms with Crippen LogP contribution in [0, 0.1) is 13.8 Å². The molecule has 1 N–H and O–H groups in total. The molecule has 0 aliphatic carbocycles. The molecule has 16 heavy (non-hydrogen) atoms. The third kappa shape index (κ3) is 2.14. The van der Waals surface area contributed by atoms with Crippen LogP contribution in [0.15, 0.2) is 29.6 Å². The molecule has 0 saturated carbocycles. The fourth-order valence-corrected chi connectivity index (χ4v) is 2.93. The van der Waals surface area contributed by atoms with Crippen molar-refractivity contribution in [2.24, 2.45) is 0 Å². The largest absolute Gasteiger partial charge is 0.383 e. The molecule has 1 aromatic heterocycles. The van der Waals surface area contributed by atoms with Crippen molar-refractivity contribution in [2.45, 2.75) is 20.0 Å². The summed E-state index contributed by atoms with van der Waals surface area (Å²) in [7, 11) is 0. The van der Waals surface area contributed by atoms with Gasteiger partial charge in [0.2, 0.25) is 0 Å². The van der Waals surface area contributed by atoms with Gasteiger partial charge in [0, 0.05) is 15.5 Å². The zero-order valence-corrected chi connectivity index (χ0v) is 10.8. The Kier molecular flexibility index (Phi) is 3.33. The summed E-state index contributed by atoms with van der Waals surface area (Å²) in [4.78, 5) is 0.964. The fourth-order valence-electron chi connectivity index (χ4n) is 1.66.